The minimum atomic E-state index is -0.502. The summed E-state index contributed by atoms with van der Waals surface area (Å²) < 4.78 is 27.5. The maximum absolute atomic E-state index is 11.8. The number of hydrogen-bond donors (Lipinski definition) is 1. The minimum absolute atomic E-state index is 0.396. The lowest BCUT2D eigenvalue weighted by molar-refractivity contribution is 0.0527. The third kappa shape index (κ3) is 6.29. The van der Waals surface area contributed by atoms with Crippen molar-refractivity contribution < 1.29 is 28.5 Å². The molecular formula is C28H35NO6. The number of carbonyl (C=O) groups excluding carboxylic acids is 1. The van der Waals surface area contributed by atoms with Crippen LogP contribution in [0.15, 0.2) is 36.4 Å². The Balaban J connectivity index is 1.92. The van der Waals surface area contributed by atoms with Gasteiger partial charge in [-0.1, -0.05) is 12.2 Å². The largest absolute Gasteiger partial charge is 0.493 e. The molecule has 0 aliphatic rings. The molecule has 0 bridgehead atoms. The summed E-state index contributed by atoms with van der Waals surface area (Å²) in [5, 5.41) is 6.89. The summed E-state index contributed by atoms with van der Waals surface area (Å²) in [6, 6.07) is 10.1. The highest BCUT2D eigenvalue weighted by molar-refractivity contribution is 6.12. The van der Waals surface area contributed by atoms with Crippen molar-refractivity contribution in [3.63, 3.8) is 0 Å². The van der Waals surface area contributed by atoms with Crippen molar-refractivity contribution >= 4 is 33.7 Å². The fourth-order valence-electron chi connectivity index (χ4n) is 3.91. The molecule has 1 N–H and O–H groups in total. The van der Waals surface area contributed by atoms with Crippen LogP contribution in [-0.2, 0) is 4.74 Å². The lowest BCUT2D eigenvalue weighted by Gasteiger charge is -2.19. The average Bonchev–Trinajstić information content (AvgIpc) is 2.83. The lowest BCUT2D eigenvalue weighted by Crippen LogP contribution is -2.32. The summed E-state index contributed by atoms with van der Waals surface area (Å²) in [5.74, 6) is 2.65. The number of hydrogen-bond acceptors (Lipinski definition) is 6. The highest BCUT2D eigenvalue weighted by atomic mass is 16.6. The number of methoxy groups -OCH3 is 4. The lowest BCUT2D eigenvalue weighted by atomic mass is 9.95. The molecule has 1 amide bonds. The molecule has 0 spiro atoms. The highest BCUT2D eigenvalue weighted by Crippen LogP contribution is 2.41. The number of rotatable bonds is 9. The van der Waals surface area contributed by atoms with E-state index in [9.17, 15) is 4.79 Å². The molecule has 3 aromatic rings. The Hall–Kier alpha value is -3.61. The van der Waals surface area contributed by atoms with E-state index in [2.05, 4.69) is 23.5 Å². The maximum Gasteiger partial charge on any atom is 0.407 e. The van der Waals surface area contributed by atoms with Gasteiger partial charge < -0.3 is 29.0 Å². The van der Waals surface area contributed by atoms with E-state index in [1.807, 2.05) is 45.0 Å². The van der Waals surface area contributed by atoms with E-state index in [1.165, 1.54) is 0 Å². The van der Waals surface area contributed by atoms with Crippen molar-refractivity contribution in [2.75, 3.05) is 35.0 Å². The molecule has 3 aromatic carbocycles. The molecule has 0 aliphatic heterocycles. The number of nitrogens with one attached hydrogen (secondary N) is 1. The Morgan fingerprint density at radius 1 is 0.800 bits per heavy atom. The second-order valence-electron chi connectivity index (χ2n) is 9.12. The van der Waals surface area contributed by atoms with Gasteiger partial charge in [0, 0.05) is 6.54 Å². The SMILES string of the molecule is COc1cc2cc(/C=C/CCCNC(=O)OC(C)(C)C)c3cc(OC)c(OC)cc3c2cc1OC. The predicted octanol–water partition coefficient (Wildman–Crippen LogP) is 6.35. The molecule has 7 heteroatoms. The molecular weight excluding hydrogens is 446 g/mol. The number of unbranched alkanes of at least 4 members (excludes halogenated alkanes) is 1. The average molecular weight is 482 g/mol. The second-order valence-corrected chi connectivity index (χ2v) is 9.12. The van der Waals surface area contributed by atoms with Crippen LogP contribution in [0.4, 0.5) is 4.79 Å². The van der Waals surface area contributed by atoms with Crippen LogP contribution in [-0.4, -0.2) is 46.7 Å². The topological polar surface area (TPSA) is 75.3 Å². The van der Waals surface area contributed by atoms with Gasteiger partial charge in [0.1, 0.15) is 5.60 Å². The summed E-state index contributed by atoms with van der Waals surface area (Å²) >= 11 is 0. The fraction of sp³-hybridized carbons (Fsp3) is 0.393. The van der Waals surface area contributed by atoms with E-state index in [-0.39, 0.29) is 0 Å². The van der Waals surface area contributed by atoms with Gasteiger partial charge in [-0.3, -0.25) is 0 Å². The van der Waals surface area contributed by atoms with Gasteiger partial charge in [-0.25, -0.2) is 4.79 Å². The fourth-order valence-corrected chi connectivity index (χ4v) is 3.91. The van der Waals surface area contributed by atoms with Crippen LogP contribution in [0.2, 0.25) is 0 Å². The Morgan fingerprint density at radius 3 is 1.91 bits per heavy atom. The Bertz CT molecular complexity index is 1230. The Morgan fingerprint density at radius 2 is 1.34 bits per heavy atom. The van der Waals surface area contributed by atoms with Crippen molar-refractivity contribution in [3.05, 3.63) is 42.0 Å². The van der Waals surface area contributed by atoms with Crippen molar-refractivity contribution in [3.8, 4) is 23.0 Å². The van der Waals surface area contributed by atoms with Crippen molar-refractivity contribution in [1.29, 1.82) is 0 Å². The van der Waals surface area contributed by atoms with Gasteiger partial charge in [-0.2, -0.15) is 0 Å². The van der Waals surface area contributed by atoms with E-state index in [4.69, 9.17) is 23.7 Å². The summed E-state index contributed by atoms with van der Waals surface area (Å²) in [5.41, 5.74) is 0.540. The van der Waals surface area contributed by atoms with Crippen molar-refractivity contribution in [2.45, 2.75) is 39.2 Å². The molecule has 0 heterocycles. The summed E-state index contributed by atoms with van der Waals surface area (Å²) in [6.07, 6.45) is 5.40. The number of fused-ring (bicyclic) bond motifs is 3. The first kappa shape index (κ1) is 26.0. The number of carbonyl (C=O) groups is 1. The molecule has 3 rings (SSSR count). The normalized spacial score (nSPS) is 11.6. The Kier molecular flexibility index (Phi) is 8.33. The standard InChI is InChI=1S/C28H35NO6/c1-28(2,3)35-27(30)29-12-10-8-9-11-18-13-19-14-23(31-4)24(32-5)16-21(19)22-17-26(34-7)25(33-6)15-20(18)22/h9,11,13-17H,8,10,12H2,1-7H3,(H,29,30)/b11-9+. The molecule has 0 atom stereocenters. The van der Waals surface area contributed by atoms with Crippen LogP contribution < -0.4 is 24.3 Å². The van der Waals surface area contributed by atoms with E-state index in [1.54, 1.807) is 28.4 Å². The molecule has 7 nitrogen and oxygen atoms in total. The maximum atomic E-state index is 11.8. The zero-order valence-corrected chi connectivity index (χ0v) is 21.6. The van der Waals surface area contributed by atoms with Crippen LogP contribution in [0.5, 0.6) is 23.0 Å². The van der Waals surface area contributed by atoms with Gasteiger partial charge in [0.05, 0.1) is 28.4 Å². The summed E-state index contributed by atoms with van der Waals surface area (Å²) in [6.45, 7) is 6.08. The van der Waals surface area contributed by atoms with Gasteiger partial charge >= 0.3 is 6.09 Å². The minimum Gasteiger partial charge on any atom is -0.493 e. The summed E-state index contributed by atoms with van der Waals surface area (Å²) in [7, 11) is 6.52. The second kappa shape index (κ2) is 11.2. The monoisotopic (exact) mass is 481 g/mol. The molecule has 35 heavy (non-hydrogen) atoms. The molecule has 0 unspecified atom stereocenters. The van der Waals surface area contributed by atoms with Crippen LogP contribution >= 0.6 is 0 Å². The predicted molar refractivity (Wildman–Crippen MR) is 140 cm³/mol. The Labute approximate surface area is 206 Å². The van der Waals surface area contributed by atoms with Gasteiger partial charge in [-0.05, 0) is 91.1 Å². The molecule has 188 valence electrons. The van der Waals surface area contributed by atoms with E-state index in [0.717, 1.165) is 39.9 Å². The molecule has 0 saturated carbocycles. The first-order valence-electron chi connectivity index (χ1n) is 11.6. The van der Waals surface area contributed by atoms with E-state index < -0.39 is 11.7 Å². The zero-order valence-electron chi connectivity index (χ0n) is 21.6. The van der Waals surface area contributed by atoms with Gasteiger partial charge in [-0.15, -0.1) is 0 Å². The molecule has 0 radical (unpaired) electrons. The summed E-state index contributed by atoms with van der Waals surface area (Å²) in [4.78, 5) is 11.8. The number of benzene rings is 3. The zero-order chi connectivity index (χ0) is 25.6. The third-order valence-corrected chi connectivity index (χ3v) is 5.50. The van der Waals surface area contributed by atoms with Crippen LogP contribution in [0, 0.1) is 0 Å². The third-order valence-electron chi connectivity index (χ3n) is 5.50. The molecule has 0 saturated heterocycles. The number of alkyl carbamates (subject to hydrolysis) is 1. The molecule has 0 aromatic heterocycles. The van der Waals surface area contributed by atoms with E-state index in [0.29, 0.717) is 29.5 Å². The first-order chi connectivity index (χ1) is 16.7. The van der Waals surface area contributed by atoms with Crippen LogP contribution in [0.25, 0.3) is 27.6 Å². The quantitative estimate of drug-likeness (QED) is 0.284. The van der Waals surface area contributed by atoms with E-state index >= 15 is 0 Å². The number of allylic oxidation sites excluding steroid dienone is 1. The van der Waals surface area contributed by atoms with Crippen LogP contribution in [0.3, 0.4) is 0 Å². The molecule has 0 fully saturated rings. The number of amides is 1. The van der Waals surface area contributed by atoms with Gasteiger partial charge in [0.2, 0.25) is 0 Å². The van der Waals surface area contributed by atoms with Gasteiger partial charge in [0.15, 0.2) is 23.0 Å². The number of ether oxygens (including phenoxy) is 5. The van der Waals surface area contributed by atoms with Crippen LogP contribution in [0.1, 0.15) is 39.2 Å². The molecule has 0 aliphatic carbocycles. The smallest absolute Gasteiger partial charge is 0.407 e. The first-order valence-corrected chi connectivity index (χ1v) is 11.6. The highest BCUT2D eigenvalue weighted by Gasteiger charge is 2.16. The van der Waals surface area contributed by atoms with Crippen molar-refractivity contribution in [1.82, 2.24) is 5.32 Å². The van der Waals surface area contributed by atoms with Gasteiger partial charge in [0.25, 0.3) is 0 Å². The van der Waals surface area contributed by atoms with Crippen molar-refractivity contribution in [2.24, 2.45) is 0 Å².